The van der Waals surface area contributed by atoms with Gasteiger partial charge in [0.1, 0.15) is 11.5 Å². The van der Waals surface area contributed by atoms with Crippen LogP contribution in [0.1, 0.15) is 20.4 Å². The van der Waals surface area contributed by atoms with Gasteiger partial charge in [0.15, 0.2) is 0 Å². The molecule has 1 aromatic heterocycles. The molecule has 0 aromatic carbocycles. The number of aromatic nitrogens is 1. The molecular weight excluding hydrogens is 200 g/mol. The van der Waals surface area contributed by atoms with Gasteiger partial charge in [-0.1, -0.05) is 5.92 Å². The van der Waals surface area contributed by atoms with Gasteiger partial charge >= 0.3 is 0 Å². The average Bonchev–Trinajstić information content (AvgIpc) is 2.45. The van der Waals surface area contributed by atoms with Gasteiger partial charge in [-0.3, -0.25) is 9.63 Å². The number of hydroxylamine groups is 1. The van der Waals surface area contributed by atoms with E-state index in [0.717, 1.165) is 5.01 Å². The van der Waals surface area contributed by atoms with E-state index >= 15 is 0 Å². The third kappa shape index (κ3) is 2.55. The zero-order valence-corrected chi connectivity index (χ0v) is 8.77. The molecule has 1 N–H and O–H groups in total. The number of nitrogens with zero attached hydrogens (tertiary/aromatic N) is 1. The van der Waals surface area contributed by atoms with Crippen molar-refractivity contribution >= 4 is 17.2 Å². The minimum atomic E-state index is -0.302. The molecule has 0 saturated heterocycles. The first-order chi connectivity index (χ1) is 6.65. The molecule has 4 nitrogen and oxygen atoms in total. The molecular formula is C9H10N2O2S. The minimum absolute atomic E-state index is 0.0581. The molecule has 0 bridgehead atoms. The van der Waals surface area contributed by atoms with E-state index in [0.29, 0.717) is 10.6 Å². The van der Waals surface area contributed by atoms with E-state index in [9.17, 15) is 4.79 Å². The molecule has 1 heterocycles. The van der Waals surface area contributed by atoms with E-state index in [-0.39, 0.29) is 12.5 Å². The molecule has 1 rings (SSSR count). The molecule has 0 aliphatic carbocycles. The second kappa shape index (κ2) is 4.74. The minimum Gasteiger partial charge on any atom is -0.266 e. The molecule has 0 aliphatic heterocycles. The van der Waals surface area contributed by atoms with Crippen molar-refractivity contribution in [1.82, 2.24) is 10.5 Å². The van der Waals surface area contributed by atoms with Crippen molar-refractivity contribution in [2.24, 2.45) is 0 Å². The smallest absolute Gasteiger partial charge is 0.266 e. The fraction of sp³-hybridized carbons (Fsp3) is 0.333. The van der Waals surface area contributed by atoms with Crippen LogP contribution in [0, 0.1) is 26.2 Å². The van der Waals surface area contributed by atoms with Crippen molar-refractivity contribution in [3.8, 4) is 12.3 Å². The Morgan fingerprint density at radius 1 is 1.71 bits per heavy atom. The highest BCUT2D eigenvalue weighted by atomic mass is 32.1. The van der Waals surface area contributed by atoms with Crippen molar-refractivity contribution in [2.75, 3.05) is 6.61 Å². The molecule has 1 amide bonds. The molecule has 5 heteroatoms. The van der Waals surface area contributed by atoms with E-state index in [1.165, 1.54) is 11.3 Å². The van der Waals surface area contributed by atoms with Gasteiger partial charge in [0.2, 0.25) is 0 Å². The zero-order valence-electron chi connectivity index (χ0n) is 7.96. The Hall–Kier alpha value is -1.38. The Balaban J connectivity index is 2.61. The highest BCUT2D eigenvalue weighted by Crippen LogP contribution is 2.16. The van der Waals surface area contributed by atoms with Crippen LogP contribution in [0.25, 0.3) is 0 Å². The molecule has 0 spiro atoms. The molecule has 14 heavy (non-hydrogen) atoms. The van der Waals surface area contributed by atoms with Gasteiger partial charge < -0.3 is 0 Å². The number of terminal acetylenes is 1. The molecule has 0 atom stereocenters. The van der Waals surface area contributed by atoms with Gasteiger partial charge in [-0.15, -0.1) is 17.8 Å². The maximum absolute atomic E-state index is 11.4. The van der Waals surface area contributed by atoms with Crippen LogP contribution < -0.4 is 5.48 Å². The number of carbonyl (C=O) groups is 1. The van der Waals surface area contributed by atoms with Crippen LogP contribution in [-0.4, -0.2) is 17.5 Å². The lowest BCUT2D eigenvalue weighted by Crippen LogP contribution is -2.23. The van der Waals surface area contributed by atoms with Crippen LogP contribution in [0.3, 0.4) is 0 Å². The van der Waals surface area contributed by atoms with Crippen molar-refractivity contribution in [2.45, 2.75) is 13.8 Å². The third-order valence-electron chi connectivity index (χ3n) is 1.43. The number of carbonyl (C=O) groups excluding carboxylic acids is 1. The third-order valence-corrected chi connectivity index (χ3v) is 2.50. The Labute approximate surface area is 86.3 Å². The zero-order chi connectivity index (χ0) is 10.6. The number of nitrogens with one attached hydrogen (secondary N) is 1. The summed E-state index contributed by atoms with van der Waals surface area (Å²) in [6.07, 6.45) is 4.95. The first-order valence-electron chi connectivity index (χ1n) is 3.94. The quantitative estimate of drug-likeness (QED) is 0.461. The molecule has 0 unspecified atom stereocenters. The van der Waals surface area contributed by atoms with Crippen molar-refractivity contribution < 1.29 is 9.63 Å². The second-order valence-electron chi connectivity index (χ2n) is 2.57. The van der Waals surface area contributed by atoms with Gasteiger partial charge in [-0.05, 0) is 13.8 Å². The average molecular weight is 210 g/mol. The van der Waals surface area contributed by atoms with Gasteiger partial charge in [0, 0.05) is 0 Å². The number of aryl methyl sites for hydroxylation is 2. The van der Waals surface area contributed by atoms with Crippen LogP contribution in [0.2, 0.25) is 0 Å². The number of rotatable bonds is 3. The normalized spacial score (nSPS) is 9.50. The van der Waals surface area contributed by atoms with E-state index in [1.54, 1.807) is 6.92 Å². The van der Waals surface area contributed by atoms with Crippen LogP contribution in [0.15, 0.2) is 0 Å². The topological polar surface area (TPSA) is 51.2 Å². The highest BCUT2D eigenvalue weighted by Gasteiger charge is 2.13. The molecule has 0 fully saturated rings. The molecule has 74 valence electrons. The Bertz CT molecular complexity index is 379. The van der Waals surface area contributed by atoms with E-state index in [4.69, 9.17) is 11.3 Å². The van der Waals surface area contributed by atoms with Crippen LogP contribution in [0.4, 0.5) is 0 Å². The fourth-order valence-electron chi connectivity index (χ4n) is 0.932. The summed E-state index contributed by atoms with van der Waals surface area (Å²) in [6, 6.07) is 0. The lowest BCUT2D eigenvalue weighted by molar-refractivity contribution is 0.0441. The van der Waals surface area contributed by atoms with Crippen LogP contribution in [0.5, 0.6) is 0 Å². The number of hydrogen-bond acceptors (Lipinski definition) is 4. The monoisotopic (exact) mass is 210 g/mol. The SMILES string of the molecule is C#CCONC(=O)c1sc(C)nc1C. The maximum Gasteiger partial charge on any atom is 0.286 e. The van der Waals surface area contributed by atoms with Crippen LogP contribution in [-0.2, 0) is 4.84 Å². The Kier molecular flexibility index (Phi) is 3.63. The first-order valence-corrected chi connectivity index (χ1v) is 4.76. The Morgan fingerprint density at radius 3 is 2.93 bits per heavy atom. The number of hydrogen-bond donors (Lipinski definition) is 1. The predicted molar refractivity (Wildman–Crippen MR) is 53.8 cm³/mol. The molecule has 0 aliphatic rings. The molecule has 0 saturated carbocycles. The summed E-state index contributed by atoms with van der Waals surface area (Å²) in [5, 5.41) is 0.851. The highest BCUT2D eigenvalue weighted by molar-refractivity contribution is 7.13. The van der Waals surface area contributed by atoms with Gasteiger partial charge in [-0.25, -0.2) is 10.5 Å². The van der Waals surface area contributed by atoms with Gasteiger partial charge in [0.25, 0.3) is 5.91 Å². The van der Waals surface area contributed by atoms with Crippen molar-refractivity contribution in [3.63, 3.8) is 0 Å². The summed E-state index contributed by atoms with van der Waals surface area (Å²) in [4.78, 5) is 20.8. The lowest BCUT2D eigenvalue weighted by atomic mass is 10.4. The first kappa shape index (κ1) is 10.7. The van der Waals surface area contributed by atoms with E-state index in [1.807, 2.05) is 6.92 Å². The largest absolute Gasteiger partial charge is 0.286 e. The van der Waals surface area contributed by atoms with E-state index < -0.39 is 0 Å². The van der Waals surface area contributed by atoms with Gasteiger partial charge in [-0.2, -0.15) is 0 Å². The summed E-state index contributed by atoms with van der Waals surface area (Å²) in [5.74, 6) is 1.94. The van der Waals surface area contributed by atoms with Crippen molar-refractivity contribution in [3.05, 3.63) is 15.6 Å². The fourth-order valence-corrected chi connectivity index (χ4v) is 1.74. The predicted octanol–water partition coefficient (Wildman–Crippen LogP) is 1.05. The standard InChI is InChI=1S/C9H10N2O2S/c1-4-5-13-11-9(12)8-6(2)10-7(3)14-8/h1H,5H2,2-3H3,(H,11,12). The van der Waals surface area contributed by atoms with Gasteiger partial charge in [0.05, 0.1) is 10.7 Å². The van der Waals surface area contributed by atoms with Crippen LogP contribution >= 0.6 is 11.3 Å². The summed E-state index contributed by atoms with van der Waals surface area (Å²) < 4.78 is 0. The Morgan fingerprint density at radius 2 is 2.43 bits per heavy atom. The molecule has 1 aromatic rings. The van der Waals surface area contributed by atoms with E-state index in [2.05, 4.69) is 16.4 Å². The molecule has 0 radical (unpaired) electrons. The summed E-state index contributed by atoms with van der Waals surface area (Å²) in [6.45, 7) is 3.68. The van der Waals surface area contributed by atoms with Crippen molar-refractivity contribution in [1.29, 1.82) is 0 Å². The number of thiazole rings is 1. The summed E-state index contributed by atoms with van der Waals surface area (Å²) in [7, 11) is 0. The summed E-state index contributed by atoms with van der Waals surface area (Å²) >= 11 is 1.33. The summed E-state index contributed by atoms with van der Waals surface area (Å²) in [5.41, 5.74) is 2.95. The maximum atomic E-state index is 11.4. The number of amides is 1. The second-order valence-corrected chi connectivity index (χ2v) is 3.77. The lowest BCUT2D eigenvalue weighted by Gasteiger charge is -2.00.